The summed E-state index contributed by atoms with van der Waals surface area (Å²) in [7, 11) is 0. The zero-order chi connectivity index (χ0) is 23.1. The Kier molecular flexibility index (Phi) is 5.42. The zero-order valence-corrected chi connectivity index (χ0v) is 19.2. The Morgan fingerprint density at radius 2 is 1.82 bits per heavy atom. The van der Waals surface area contributed by atoms with Crippen LogP contribution in [0.1, 0.15) is 31.2 Å². The normalized spacial score (nSPS) is 20.5. The fourth-order valence-electron chi connectivity index (χ4n) is 5.28. The van der Waals surface area contributed by atoms with Crippen molar-refractivity contribution in [1.29, 1.82) is 0 Å². The second-order valence-corrected chi connectivity index (χ2v) is 9.61. The highest BCUT2D eigenvalue weighted by Crippen LogP contribution is 2.39. The molecular formula is C26H30N4O4. The van der Waals surface area contributed by atoms with Gasteiger partial charge in [-0.15, -0.1) is 0 Å². The minimum absolute atomic E-state index is 0.0984. The molecule has 2 N–H and O–H groups in total. The summed E-state index contributed by atoms with van der Waals surface area (Å²) in [6.45, 7) is 3.72. The summed E-state index contributed by atoms with van der Waals surface area (Å²) in [6, 6.07) is 12.4. The molecule has 3 aliphatic rings. The molecule has 1 amide bonds. The lowest BCUT2D eigenvalue weighted by Crippen LogP contribution is -2.51. The van der Waals surface area contributed by atoms with Crippen LogP contribution in [0.2, 0.25) is 0 Å². The summed E-state index contributed by atoms with van der Waals surface area (Å²) < 4.78 is 10.5. The van der Waals surface area contributed by atoms with E-state index in [-0.39, 0.29) is 12.2 Å². The highest BCUT2D eigenvalue weighted by Gasteiger charge is 2.33. The summed E-state index contributed by atoms with van der Waals surface area (Å²) in [5.41, 5.74) is 4.37. The Balaban J connectivity index is 1.18. The number of nitrogens with zero attached hydrogens (tertiary/aromatic N) is 3. The van der Waals surface area contributed by atoms with Gasteiger partial charge in [-0.25, -0.2) is 9.78 Å². The monoisotopic (exact) mass is 462 g/mol. The molecule has 2 aromatic heterocycles. The van der Waals surface area contributed by atoms with Crippen LogP contribution in [0.15, 0.2) is 42.6 Å². The molecule has 8 nitrogen and oxygen atoms in total. The van der Waals surface area contributed by atoms with Gasteiger partial charge in [0.2, 0.25) is 0 Å². The van der Waals surface area contributed by atoms with Crippen molar-refractivity contribution < 1.29 is 19.4 Å². The van der Waals surface area contributed by atoms with Crippen LogP contribution in [0.3, 0.4) is 0 Å². The van der Waals surface area contributed by atoms with Crippen LogP contribution in [0.25, 0.3) is 22.3 Å². The molecule has 3 fully saturated rings. The molecule has 0 spiro atoms. The number of rotatable bonds is 4. The molecule has 34 heavy (non-hydrogen) atoms. The van der Waals surface area contributed by atoms with E-state index in [1.165, 1.54) is 0 Å². The second kappa shape index (κ2) is 8.60. The molecule has 0 unspecified atom stereocenters. The third kappa shape index (κ3) is 3.91. The fourth-order valence-corrected chi connectivity index (χ4v) is 5.28. The molecular weight excluding hydrogens is 432 g/mol. The first kappa shape index (κ1) is 21.4. The van der Waals surface area contributed by atoms with Gasteiger partial charge < -0.3 is 29.4 Å². The summed E-state index contributed by atoms with van der Waals surface area (Å²) in [5.74, 6) is 0. The second-order valence-electron chi connectivity index (χ2n) is 9.61. The number of piperazine rings is 1. The fraction of sp³-hybridized carbons (Fsp3) is 0.462. The number of ether oxygens (including phenoxy) is 2. The van der Waals surface area contributed by atoms with Gasteiger partial charge in [0.15, 0.2) is 6.10 Å². The number of benzene rings is 1. The number of aromatic amines is 1. The van der Waals surface area contributed by atoms with Crippen molar-refractivity contribution in [1.82, 2.24) is 14.9 Å². The third-order valence-electron chi connectivity index (χ3n) is 7.43. The van der Waals surface area contributed by atoms with Crippen molar-refractivity contribution in [2.24, 2.45) is 0 Å². The number of hydrogen-bond donors (Lipinski definition) is 2. The van der Waals surface area contributed by atoms with E-state index in [1.807, 2.05) is 12.3 Å². The number of nitrogens with one attached hydrogen (secondary N) is 1. The molecule has 2 saturated heterocycles. The standard InChI is InChI=1S/C26H30N4O4/c31-25(34-20-16-33-17-20)30-13-11-29(12-14-30)23-7-10-27-24-21(23)15-22(28-24)18-3-5-19(6-4-18)26(32)8-1-2-9-26/h3-7,10,15,20,32H,1-2,8-9,11-14,16-17H2,(H,27,28). The average molecular weight is 463 g/mol. The first-order chi connectivity index (χ1) is 16.6. The predicted molar refractivity (Wildman–Crippen MR) is 129 cm³/mol. The number of aliphatic hydroxyl groups is 1. The highest BCUT2D eigenvalue weighted by atomic mass is 16.6. The van der Waals surface area contributed by atoms with Crippen LogP contribution in [-0.2, 0) is 15.1 Å². The maximum absolute atomic E-state index is 12.3. The van der Waals surface area contributed by atoms with Gasteiger partial charge in [-0.1, -0.05) is 37.1 Å². The number of amides is 1. The van der Waals surface area contributed by atoms with Gasteiger partial charge in [-0.2, -0.15) is 0 Å². The van der Waals surface area contributed by atoms with Crippen molar-refractivity contribution in [2.45, 2.75) is 37.4 Å². The van der Waals surface area contributed by atoms with Gasteiger partial charge in [0.05, 0.1) is 18.8 Å². The number of H-pyrrole nitrogens is 1. The molecule has 0 atom stereocenters. The lowest BCUT2D eigenvalue weighted by Gasteiger charge is -2.37. The SMILES string of the molecule is O=C(OC1COC1)N1CCN(c2ccnc3[nH]c(-c4ccc(C5(O)CCCC5)cc4)cc23)CC1. The average Bonchev–Trinajstić information content (AvgIpc) is 3.48. The Morgan fingerprint density at radius 3 is 2.50 bits per heavy atom. The number of carbonyl (C=O) groups is 1. The van der Waals surface area contributed by atoms with Crippen LogP contribution in [-0.4, -0.2) is 71.6 Å². The van der Waals surface area contributed by atoms with Crippen molar-refractivity contribution in [2.75, 3.05) is 44.3 Å². The zero-order valence-electron chi connectivity index (χ0n) is 19.2. The minimum Gasteiger partial charge on any atom is -0.441 e. The number of fused-ring (bicyclic) bond motifs is 1. The van der Waals surface area contributed by atoms with Crippen LogP contribution in [0, 0.1) is 0 Å². The Bertz CT molecular complexity index is 1170. The largest absolute Gasteiger partial charge is 0.441 e. The highest BCUT2D eigenvalue weighted by molar-refractivity contribution is 5.94. The molecule has 178 valence electrons. The molecule has 0 bridgehead atoms. The molecule has 3 aromatic rings. The first-order valence-electron chi connectivity index (χ1n) is 12.2. The molecule has 1 saturated carbocycles. The Hall–Kier alpha value is -3.10. The van der Waals surface area contributed by atoms with Crippen molar-refractivity contribution in [3.8, 4) is 11.3 Å². The summed E-state index contributed by atoms with van der Waals surface area (Å²) in [4.78, 5) is 24.4. The van der Waals surface area contributed by atoms with Crippen LogP contribution in [0.4, 0.5) is 10.5 Å². The van der Waals surface area contributed by atoms with Crippen LogP contribution < -0.4 is 4.90 Å². The van der Waals surface area contributed by atoms with Crippen LogP contribution in [0.5, 0.6) is 0 Å². The number of anilines is 1. The van der Waals surface area contributed by atoms with Crippen LogP contribution >= 0.6 is 0 Å². The lowest BCUT2D eigenvalue weighted by molar-refractivity contribution is -0.104. The maximum Gasteiger partial charge on any atom is 0.410 e. The number of pyridine rings is 1. The number of hydrogen-bond acceptors (Lipinski definition) is 6. The molecule has 0 radical (unpaired) electrons. The predicted octanol–water partition coefficient (Wildman–Crippen LogP) is 3.65. The van der Waals surface area contributed by atoms with Gasteiger partial charge in [0.1, 0.15) is 5.65 Å². The van der Waals surface area contributed by atoms with E-state index in [9.17, 15) is 9.90 Å². The van der Waals surface area contributed by atoms with E-state index in [2.05, 4.69) is 45.2 Å². The molecule has 6 rings (SSSR count). The van der Waals surface area contributed by atoms with Crippen molar-refractivity contribution in [3.63, 3.8) is 0 Å². The molecule has 8 heteroatoms. The van der Waals surface area contributed by atoms with Crippen molar-refractivity contribution >= 4 is 22.8 Å². The van der Waals surface area contributed by atoms with Gasteiger partial charge in [-0.05, 0) is 36.1 Å². The number of carbonyl (C=O) groups excluding carboxylic acids is 1. The van der Waals surface area contributed by atoms with Gasteiger partial charge in [-0.3, -0.25) is 0 Å². The maximum atomic E-state index is 12.3. The van der Waals surface area contributed by atoms with E-state index in [1.54, 1.807) is 4.90 Å². The number of aromatic nitrogens is 2. The van der Waals surface area contributed by atoms with Gasteiger partial charge in [0, 0.05) is 49.1 Å². The lowest BCUT2D eigenvalue weighted by atomic mass is 9.91. The molecule has 2 aliphatic heterocycles. The molecule has 1 aliphatic carbocycles. The summed E-state index contributed by atoms with van der Waals surface area (Å²) in [5, 5.41) is 11.9. The summed E-state index contributed by atoms with van der Waals surface area (Å²) in [6.07, 6.45) is 5.33. The van der Waals surface area contributed by atoms with Gasteiger partial charge in [0.25, 0.3) is 0 Å². The Morgan fingerprint density at radius 1 is 1.09 bits per heavy atom. The molecule has 1 aromatic carbocycles. The van der Waals surface area contributed by atoms with E-state index >= 15 is 0 Å². The quantitative estimate of drug-likeness (QED) is 0.615. The first-order valence-corrected chi connectivity index (χ1v) is 12.2. The summed E-state index contributed by atoms with van der Waals surface area (Å²) >= 11 is 0. The van der Waals surface area contributed by atoms with E-state index in [0.717, 1.165) is 72.3 Å². The van der Waals surface area contributed by atoms with E-state index < -0.39 is 5.60 Å². The Labute approximate surface area is 198 Å². The van der Waals surface area contributed by atoms with Gasteiger partial charge >= 0.3 is 6.09 Å². The third-order valence-corrected chi connectivity index (χ3v) is 7.43. The topological polar surface area (TPSA) is 90.9 Å². The van der Waals surface area contributed by atoms with E-state index in [0.29, 0.717) is 26.3 Å². The van der Waals surface area contributed by atoms with E-state index in [4.69, 9.17) is 9.47 Å². The van der Waals surface area contributed by atoms with Crippen molar-refractivity contribution in [3.05, 3.63) is 48.2 Å². The minimum atomic E-state index is -0.673. The smallest absolute Gasteiger partial charge is 0.410 e. The molecule has 4 heterocycles.